The van der Waals surface area contributed by atoms with Crippen LogP contribution in [0.25, 0.3) is 0 Å². The van der Waals surface area contributed by atoms with Crippen LogP contribution in [-0.4, -0.2) is 29.1 Å². The lowest BCUT2D eigenvalue weighted by molar-refractivity contribution is 0.252. The Balaban J connectivity index is 1.99. The Hall–Kier alpha value is 0.270. The summed E-state index contributed by atoms with van der Waals surface area (Å²) in [5.41, 5.74) is 6.83. The van der Waals surface area contributed by atoms with E-state index in [1.54, 1.807) is 0 Å². The predicted octanol–water partition coefficient (Wildman–Crippen LogP) is 2.77. The van der Waals surface area contributed by atoms with E-state index < -0.39 is 0 Å². The van der Waals surface area contributed by atoms with Crippen LogP contribution in [-0.2, 0) is 0 Å². The highest BCUT2D eigenvalue weighted by Crippen LogP contribution is 2.40. The lowest BCUT2D eigenvalue weighted by Gasteiger charge is -2.44. The van der Waals surface area contributed by atoms with E-state index in [4.69, 9.17) is 5.73 Å². The first kappa shape index (κ1) is 13.7. The molecule has 3 atom stereocenters. The van der Waals surface area contributed by atoms with E-state index in [1.807, 2.05) is 0 Å². The van der Waals surface area contributed by atoms with Gasteiger partial charge >= 0.3 is 0 Å². The van der Waals surface area contributed by atoms with Crippen LogP contribution in [0.15, 0.2) is 0 Å². The fourth-order valence-electron chi connectivity index (χ4n) is 3.49. The lowest BCUT2D eigenvalue weighted by Crippen LogP contribution is -2.61. The average Bonchev–Trinajstić information content (AvgIpc) is 2.61. The summed E-state index contributed by atoms with van der Waals surface area (Å²) in [7, 11) is 0. The van der Waals surface area contributed by atoms with E-state index in [0.717, 1.165) is 6.54 Å². The Labute approximate surface area is 110 Å². The summed E-state index contributed by atoms with van der Waals surface area (Å²) in [5.74, 6) is 1.31. The fraction of sp³-hybridized carbons (Fsp3) is 1.00. The van der Waals surface area contributed by atoms with Crippen LogP contribution in [0.4, 0.5) is 0 Å². The van der Waals surface area contributed by atoms with Crippen LogP contribution in [0.2, 0.25) is 0 Å². The summed E-state index contributed by atoms with van der Waals surface area (Å²) in [6.07, 6.45) is 6.56. The Morgan fingerprint density at radius 2 is 2.12 bits per heavy atom. The highest BCUT2D eigenvalue weighted by atomic mass is 32.2. The van der Waals surface area contributed by atoms with Gasteiger partial charge in [0.25, 0.3) is 0 Å². The number of thioether (sulfide) groups is 1. The summed E-state index contributed by atoms with van der Waals surface area (Å²) in [6.45, 7) is 7.92. The predicted molar refractivity (Wildman–Crippen MR) is 77.5 cm³/mol. The molecular formula is C14H28N2S. The third kappa shape index (κ3) is 2.99. The fourth-order valence-corrected chi connectivity index (χ4v) is 4.76. The van der Waals surface area contributed by atoms with Gasteiger partial charge in [-0.25, -0.2) is 0 Å². The van der Waals surface area contributed by atoms with E-state index in [9.17, 15) is 0 Å². The standard InChI is InChI=1S/C14H28N2S/c1-11-14(10-15,6-4-8-17-11)16-12-5-7-13(2,3)9-12/h11-12,16H,4-10,15H2,1-3H3. The van der Waals surface area contributed by atoms with Gasteiger partial charge in [-0.05, 0) is 43.3 Å². The third-order valence-electron chi connectivity index (χ3n) is 4.74. The van der Waals surface area contributed by atoms with E-state index in [2.05, 4.69) is 37.8 Å². The minimum absolute atomic E-state index is 0.202. The Kier molecular flexibility index (Phi) is 4.11. The molecule has 0 spiro atoms. The maximum Gasteiger partial charge on any atom is 0.0423 e. The van der Waals surface area contributed by atoms with Gasteiger partial charge < -0.3 is 11.1 Å². The summed E-state index contributed by atoms with van der Waals surface area (Å²) in [4.78, 5) is 0. The molecule has 1 aliphatic heterocycles. The molecule has 0 aromatic rings. The molecule has 2 nitrogen and oxygen atoms in total. The first-order chi connectivity index (χ1) is 7.97. The van der Waals surface area contributed by atoms with E-state index in [0.29, 0.717) is 16.7 Å². The zero-order valence-corrected chi connectivity index (χ0v) is 12.4. The second-order valence-electron chi connectivity index (χ2n) is 6.73. The highest BCUT2D eigenvalue weighted by Gasteiger charge is 2.41. The Morgan fingerprint density at radius 3 is 2.65 bits per heavy atom. The smallest absolute Gasteiger partial charge is 0.0423 e. The van der Waals surface area contributed by atoms with Gasteiger partial charge in [0.15, 0.2) is 0 Å². The first-order valence-electron chi connectivity index (χ1n) is 7.07. The zero-order chi connectivity index (χ0) is 12.5. The van der Waals surface area contributed by atoms with Crippen molar-refractivity contribution in [3.05, 3.63) is 0 Å². The molecule has 1 heterocycles. The molecule has 1 aliphatic carbocycles. The van der Waals surface area contributed by atoms with Gasteiger partial charge in [-0.1, -0.05) is 20.8 Å². The van der Waals surface area contributed by atoms with Crippen LogP contribution in [0, 0.1) is 5.41 Å². The molecule has 0 aromatic heterocycles. The minimum Gasteiger partial charge on any atom is -0.329 e. The van der Waals surface area contributed by atoms with Crippen LogP contribution in [0.1, 0.15) is 52.9 Å². The number of hydrogen-bond acceptors (Lipinski definition) is 3. The van der Waals surface area contributed by atoms with Crippen LogP contribution >= 0.6 is 11.8 Å². The Bertz CT molecular complexity index is 267. The van der Waals surface area contributed by atoms with Crippen molar-refractivity contribution in [2.24, 2.45) is 11.1 Å². The quantitative estimate of drug-likeness (QED) is 0.815. The molecule has 3 unspecified atom stereocenters. The normalized spacial score (nSPS) is 41.6. The molecule has 0 bridgehead atoms. The summed E-state index contributed by atoms with van der Waals surface area (Å²) in [5, 5.41) is 4.60. The lowest BCUT2D eigenvalue weighted by atomic mass is 9.87. The van der Waals surface area contributed by atoms with Crippen molar-refractivity contribution in [2.45, 2.75) is 69.7 Å². The SMILES string of the molecule is CC1SCCCC1(CN)NC1CCC(C)(C)C1. The van der Waals surface area contributed by atoms with Gasteiger partial charge in [0, 0.05) is 23.4 Å². The van der Waals surface area contributed by atoms with Crippen molar-refractivity contribution in [2.75, 3.05) is 12.3 Å². The van der Waals surface area contributed by atoms with Gasteiger partial charge in [-0.15, -0.1) is 0 Å². The van der Waals surface area contributed by atoms with Crippen LogP contribution in [0.3, 0.4) is 0 Å². The van der Waals surface area contributed by atoms with Gasteiger partial charge in [0.1, 0.15) is 0 Å². The maximum atomic E-state index is 6.10. The number of nitrogens with two attached hydrogens (primary N) is 1. The molecule has 2 rings (SSSR count). The molecule has 2 fully saturated rings. The molecule has 3 heteroatoms. The van der Waals surface area contributed by atoms with Crippen molar-refractivity contribution in [1.82, 2.24) is 5.32 Å². The molecule has 1 saturated carbocycles. The number of hydrogen-bond donors (Lipinski definition) is 2. The summed E-state index contributed by atoms with van der Waals surface area (Å²) in [6, 6.07) is 0.690. The van der Waals surface area contributed by atoms with Crippen LogP contribution in [0.5, 0.6) is 0 Å². The van der Waals surface area contributed by atoms with Crippen LogP contribution < -0.4 is 11.1 Å². The molecule has 17 heavy (non-hydrogen) atoms. The molecule has 0 amide bonds. The van der Waals surface area contributed by atoms with Gasteiger partial charge in [0.2, 0.25) is 0 Å². The van der Waals surface area contributed by atoms with Crippen molar-refractivity contribution >= 4 is 11.8 Å². The summed E-state index contributed by atoms with van der Waals surface area (Å²) >= 11 is 2.09. The minimum atomic E-state index is 0.202. The zero-order valence-electron chi connectivity index (χ0n) is 11.6. The molecule has 2 aliphatic rings. The second-order valence-corrected chi connectivity index (χ2v) is 8.17. The van der Waals surface area contributed by atoms with Crippen molar-refractivity contribution in [3.63, 3.8) is 0 Å². The first-order valence-corrected chi connectivity index (χ1v) is 8.12. The monoisotopic (exact) mass is 256 g/mol. The number of rotatable bonds is 3. The van der Waals surface area contributed by atoms with Crippen molar-refractivity contribution in [3.8, 4) is 0 Å². The number of nitrogens with one attached hydrogen (secondary N) is 1. The van der Waals surface area contributed by atoms with E-state index in [-0.39, 0.29) is 5.54 Å². The molecule has 100 valence electrons. The van der Waals surface area contributed by atoms with E-state index in [1.165, 1.54) is 37.9 Å². The molecule has 1 saturated heterocycles. The molecule has 0 aromatic carbocycles. The van der Waals surface area contributed by atoms with Gasteiger partial charge in [0.05, 0.1) is 0 Å². The van der Waals surface area contributed by atoms with Gasteiger partial charge in [-0.2, -0.15) is 11.8 Å². The van der Waals surface area contributed by atoms with Crippen molar-refractivity contribution in [1.29, 1.82) is 0 Å². The molecule has 0 radical (unpaired) electrons. The van der Waals surface area contributed by atoms with E-state index >= 15 is 0 Å². The third-order valence-corrected chi connectivity index (χ3v) is 6.21. The summed E-state index contributed by atoms with van der Waals surface area (Å²) < 4.78 is 0. The largest absolute Gasteiger partial charge is 0.329 e. The van der Waals surface area contributed by atoms with Crippen molar-refractivity contribution < 1.29 is 0 Å². The second kappa shape index (κ2) is 5.10. The molecule has 3 N–H and O–H groups in total. The van der Waals surface area contributed by atoms with Gasteiger partial charge in [-0.3, -0.25) is 0 Å². The molecular weight excluding hydrogens is 228 g/mol. The Morgan fingerprint density at radius 1 is 1.35 bits per heavy atom. The topological polar surface area (TPSA) is 38.0 Å². The highest BCUT2D eigenvalue weighted by molar-refractivity contribution is 8.00. The maximum absolute atomic E-state index is 6.10. The average molecular weight is 256 g/mol.